The average Bonchev–Trinajstić information content (AvgIpc) is 2.97. The van der Waals surface area contributed by atoms with E-state index in [9.17, 15) is 18.0 Å². The van der Waals surface area contributed by atoms with Crippen molar-refractivity contribution in [1.82, 2.24) is 19.8 Å². The molecule has 21 heavy (non-hydrogen) atoms. The quantitative estimate of drug-likeness (QED) is 0.550. The van der Waals surface area contributed by atoms with Crippen LogP contribution in [-0.4, -0.2) is 81.0 Å². The molecule has 0 unspecified atom stereocenters. The molecule has 0 saturated carbocycles. The molecule has 2 saturated heterocycles. The van der Waals surface area contributed by atoms with Crippen LogP contribution in [0.25, 0.3) is 0 Å². The molecule has 8 nitrogen and oxygen atoms in total. The van der Waals surface area contributed by atoms with Crippen LogP contribution in [0.2, 0.25) is 0 Å². The maximum absolute atomic E-state index is 12.0. The fourth-order valence-corrected chi connectivity index (χ4v) is 3.80. The SMILES string of the molecule is O=C1CN(S(=O)(=O)CCNCC(=O)N2CCCC2)CCN1. The van der Waals surface area contributed by atoms with Crippen molar-refractivity contribution >= 4 is 21.8 Å². The first kappa shape index (κ1) is 16.2. The summed E-state index contributed by atoms with van der Waals surface area (Å²) in [6, 6.07) is 0. The van der Waals surface area contributed by atoms with Gasteiger partial charge in [0.2, 0.25) is 21.8 Å². The van der Waals surface area contributed by atoms with Gasteiger partial charge in [-0.05, 0) is 12.8 Å². The Kier molecular flexibility index (Phi) is 5.54. The molecule has 2 fully saturated rings. The molecule has 0 aromatic heterocycles. The zero-order valence-electron chi connectivity index (χ0n) is 12.0. The standard InChI is InChI=1S/C12H22N4O4S/c17-11-10-16(7-3-14-11)21(19,20)8-4-13-9-12(18)15-5-1-2-6-15/h13H,1-10H2,(H,14,17). The van der Waals surface area contributed by atoms with Crippen LogP contribution < -0.4 is 10.6 Å². The van der Waals surface area contributed by atoms with E-state index < -0.39 is 10.0 Å². The number of carbonyl (C=O) groups is 2. The Balaban J connectivity index is 1.69. The van der Waals surface area contributed by atoms with Crippen molar-refractivity contribution in [3.05, 3.63) is 0 Å². The van der Waals surface area contributed by atoms with Gasteiger partial charge < -0.3 is 15.5 Å². The lowest BCUT2D eigenvalue weighted by Crippen LogP contribution is -2.51. The van der Waals surface area contributed by atoms with Crippen LogP contribution in [0.4, 0.5) is 0 Å². The third-order valence-corrected chi connectivity index (χ3v) is 5.49. The lowest BCUT2D eigenvalue weighted by atomic mass is 10.4. The molecule has 2 N–H and O–H groups in total. The zero-order chi connectivity index (χ0) is 15.3. The van der Waals surface area contributed by atoms with Crippen molar-refractivity contribution in [2.75, 3.05) is 51.6 Å². The number of rotatable bonds is 6. The number of piperazine rings is 1. The Hall–Kier alpha value is -1.19. The topological polar surface area (TPSA) is 98.8 Å². The third-order valence-electron chi connectivity index (χ3n) is 3.67. The van der Waals surface area contributed by atoms with Gasteiger partial charge in [0.1, 0.15) is 0 Å². The molecule has 2 aliphatic heterocycles. The van der Waals surface area contributed by atoms with Gasteiger partial charge in [-0.25, -0.2) is 8.42 Å². The summed E-state index contributed by atoms with van der Waals surface area (Å²) in [7, 11) is -3.45. The Morgan fingerprint density at radius 2 is 1.95 bits per heavy atom. The molecule has 120 valence electrons. The molecule has 0 aromatic rings. The summed E-state index contributed by atoms with van der Waals surface area (Å²) in [5.74, 6) is -0.364. The van der Waals surface area contributed by atoms with Crippen LogP contribution in [0.3, 0.4) is 0 Å². The lowest BCUT2D eigenvalue weighted by molar-refractivity contribution is -0.129. The van der Waals surface area contributed by atoms with E-state index in [1.165, 1.54) is 4.31 Å². The number of amides is 2. The first-order valence-corrected chi connectivity index (χ1v) is 8.83. The molecule has 2 rings (SSSR count). The smallest absolute Gasteiger partial charge is 0.236 e. The van der Waals surface area contributed by atoms with E-state index in [2.05, 4.69) is 10.6 Å². The summed E-state index contributed by atoms with van der Waals surface area (Å²) in [6.07, 6.45) is 2.08. The van der Waals surface area contributed by atoms with Crippen LogP contribution in [0.1, 0.15) is 12.8 Å². The van der Waals surface area contributed by atoms with Gasteiger partial charge in [-0.2, -0.15) is 4.31 Å². The van der Waals surface area contributed by atoms with Gasteiger partial charge in [0.05, 0.1) is 18.8 Å². The molecular formula is C12H22N4O4S. The van der Waals surface area contributed by atoms with Crippen LogP contribution in [0.15, 0.2) is 0 Å². The van der Waals surface area contributed by atoms with E-state index >= 15 is 0 Å². The van der Waals surface area contributed by atoms with Crippen molar-refractivity contribution in [1.29, 1.82) is 0 Å². The summed E-state index contributed by atoms with van der Waals surface area (Å²) in [4.78, 5) is 24.8. The summed E-state index contributed by atoms with van der Waals surface area (Å²) in [5, 5.41) is 5.46. The molecular weight excluding hydrogens is 296 g/mol. The molecule has 2 amide bonds. The van der Waals surface area contributed by atoms with Crippen LogP contribution in [0, 0.1) is 0 Å². The van der Waals surface area contributed by atoms with Gasteiger partial charge in [0.25, 0.3) is 0 Å². The summed E-state index contributed by atoms with van der Waals surface area (Å²) < 4.78 is 25.3. The van der Waals surface area contributed by atoms with Crippen LogP contribution in [-0.2, 0) is 19.6 Å². The fourth-order valence-electron chi connectivity index (χ4n) is 2.46. The van der Waals surface area contributed by atoms with E-state index in [-0.39, 0.29) is 37.2 Å². The largest absolute Gasteiger partial charge is 0.354 e. The molecule has 9 heteroatoms. The molecule has 0 atom stereocenters. The number of likely N-dealkylation sites (tertiary alicyclic amines) is 1. The van der Waals surface area contributed by atoms with Gasteiger partial charge in [-0.1, -0.05) is 0 Å². The molecule has 0 bridgehead atoms. The predicted octanol–water partition coefficient (Wildman–Crippen LogP) is -2.04. The third kappa shape index (κ3) is 4.65. The number of nitrogens with one attached hydrogen (secondary N) is 2. The number of nitrogens with zero attached hydrogens (tertiary/aromatic N) is 2. The Morgan fingerprint density at radius 3 is 2.62 bits per heavy atom. The first-order chi connectivity index (χ1) is 9.99. The number of sulfonamides is 1. The van der Waals surface area contributed by atoms with Gasteiger partial charge in [-0.3, -0.25) is 9.59 Å². The van der Waals surface area contributed by atoms with Crippen molar-refractivity contribution < 1.29 is 18.0 Å². The number of hydrogen-bond acceptors (Lipinski definition) is 5. The minimum absolute atomic E-state index is 0.0160. The molecule has 2 heterocycles. The predicted molar refractivity (Wildman–Crippen MR) is 77.1 cm³/mol. The molecule has 0 spiro atoms. The second kappa shape index (κ2) is 7.19. The number of hydrogen-bond donors (Lipinski definition) is 2. The fraction of sp³-hybridized carbons (Fsp3) is 0.833. The minimum atomic E-state index is -3.45. The van der Waals surface area contributed by atoms with E-state index in [4.69, 9.17) is 0 Å². The van der Waals surface area contributed by atoms with E-state index in [0.717, 1.165) is 25.9 Å². The van der Waals surface area contributed by atoms with Gasteiger partial charge >= 0.3 is 0 Å². The van der Waals surface area contributed by atoms with E-state index in [0.29, 0.717) is 13.1 Å². The second-order valence-corrected chi connectivity index (χ2v) is 7.35. The summed E-state index contributed by atoms with van der Waals surface area (Å²) in [5.41, 5.74) is 0. The summed E-state index contributed by atoms with van der Waals surface area (Å²) in [6.45, 7) is 2.49. The van der Waals surface area contributed by atoms with Gasteiger partial charge in [0, 0.05) is 32.7 Å². The Labute approximate surface area is 124 Å². The van der Waals surface area contributed by atoms with Crippen LogP contribution >= 0.6 is 0 Å². The van der Waals surface area contributed by atoms with Crippen molar-refractivity contribution in [3.8, 4) is 0 Å². The first-order valence-electron chi connectivity index (χ1n) is 7.22. The minimum Gasteiger partial charge on any atom is -0.354 e. The Morgan fingerprint density at radius 1 is 1.24 bits per heavy atom. The maximum atomic E-state index is 12.0. The number of carbonyl (C=O) groups excluding carboxylic acids is 2. The van der Waals surface area contributed by atoms with Gasteiger partial charge in [0.15, 0.2) is 0 Å². The van der Waals surface area contributed by atoms with Gasteiger partial charge in [-0.15, -0.1) is 0 Å². The molecule has 0 aromatic carbocycles. The molecule has 0 radical (unpaired) electrons. The highest BCUT2D eigenvalue weighted by atomic mass is 32.2. The van der Waals surface area contributed by atoms with Crippen molar-refractivity contribution in [2.24, 2.45) is 0 Å². The molecule has 0 aliphatic carbocycles. The lowest BCUT2D eigenvalue weighted by Gasteiger charge is -2.25. The summed E-state index contributed by atoms with van der Waals surface area (Å²) >= 11 is 0. The highest BCUT2D eigenvalue weighted by Crippen LogP contribution is 2.07. The average molecular weight is 318 g/mol. The maximum Gasteiger partial charge on any atom is 0.236 e. The van der Waals surface area contributed by atoms with E-state index in [1.807, 2.05) is 0 Å². The Bertz CT molecular complexity index is 487. The monoisotopic (exact) mass is 318 g/mol. The highest BCUT2D eigenvalue weighted by molar-refractivity contribution is 7.89. The molecule has 2 aliphatic rings. The normalized spacial score (nSPS) is 20.6. The van der Waals surface area contributed by atoms with E-state index in [1.54, 1.807) is 4.90 Å². The highest BCUT2D eigenvalue weighted by Gasteiger charge is 2.27. The second-order valence-electron chi connectivity index (χ2n) is 5.26. The van der Waals surface area contributed by atoms with Crippen molar-refractivity contribution in [2.45, 2.75) is 12.8 Å². The van der Waals surface area contributed by atoms with Crippen molar-refractivity contribution in [3.63, 3.8) is 0 Å². The van der Waals surface area contributed by atoms with Crippen LogP contribution in [0.5, 0.6) is 0 Å². The zero-order valence-corrected chi connectivity index (χ0v) is 12.8.